The summed E-state index contributed by atoms with van der Waals surface area (Å²) in [5, 5.41) is 0. The van der Waals surface area contributed by atoms with Gasteiger partial charge in [-0.2, -0.15) is 0 Å². The molecule has 29 heavy (non-hydrogen) atoms. The van der Waals surface area contributed by atoms with Crippen LogP contribution in [0.3, 0.4) is 0 Å². The van der Waals surface area contributed by atoms with Crippen molar-refractivity contribution in [3.05, 3.63) is 0 Å². The molecular weight excluding hydrogens is 354 g/mol. The first-order valence-corrected chi connectivity index (χ1v) is 11.6. The van der Waals surface area contributed by atoms with E-state index in [9.17, 15) is 0 Å². The zero-order valence-electron chi connectivity index (χ0n) is 23.3. The van der Waals surface area contributed by atoms with E-state index in [1.807, 2.05) is 0 Å². The molecule has 0 spiro atoms. The molecule has 0 amide bonds. The SMILES string of the molecule is CN1C(C)(C)CC(C)(C)C(C)(C)C1(C)C.CN1CC(C)(C)N(C)C(C)(C)C1(C)C. The minimum Gasteiger partial charge on any atom is -0.298 e. The van der Waals surface area contributed by atoms with Crippen LogP contribution < -0.4 is 0 Å². The highest BCUT2D eigenvalue weighted by molar-refractivity contribution is 5.12. The van der Waals surface area contributed by atoms with Crippen LogP contribution in [0.5, 0.6) is 0 Å². The molecule has 3 heteroatoms. The molecule has 2 heterocycles. The normalized spacial score (nSPS) is 32.2. The number of hydrogen-bond acceptors (Lipinski definition) is 3. The fourth-order valence-electron chi connectivity index (χ4n) is 5.94. The number of piperazine rings is 1. The molecule has 0 aromatic carbocycles. The van der Waals surface area contributed by atoms with E-state index in [-0.39, 0.29) is 22.2 Å². The molecule has 0 aliphatic carbocycles. The molecule has 2 saturated heterocycles. The van der Waals surface area contributed by atoms with E-state index in [2.05, 4.69) is 133 Å². The van der Waals surface area contributed by atoms with Gasteiger partial charge < -0.3 is 0 Å². The zero-order chi connectivity index (χ0) is 23.6. The Morgan fingerprint density at radius 2 is 0.862 bits per heavy atom. The summed E-state index contributed by atoms with van der Waals surface area (Å²) in [5.74, 6) is 0. The van der Waals surface area contributed by atoms with Crippen LogP contribution in [0.2, 0.25) is 0 Å². The minimum atomic E-state index is 0.198. The van der Waals surface area contributed by atoms with Crippen LogP contribution in [-0.2, 0) is 0 Å². The monoisotopic (exact) mass is 409 g/mol. The molecule has 3 nitrogen and oxygen atoms in total. The Labute approximate surface area is 184 Å². The van der Waals surface area contributed by atoms with Crippen molar-refractivity contribution in [2.24, 2.45) is 10.8 Å². The van der Waals surface area contributed by atoms with Crippen LogP contribution in [0.15, 0.2) is 0 Å². The molecule has 0 unspecified atom stereocenters. The predicted octanol–water partition coefficient (Wildman–Crippen LogP) is 6.13. The van der Waals surface area contributed by atoms with E-state index < -0.39 is 0 Å². The maximum atomic E-state index is 2.56. The second kappa shape index (κ2) is 7.20. The Bertz CT molecular complexity index is 593. The molecule has 0 bridgehead atoms. The van der Waals surface area contributed by atoms with E-state index >= 15 is 0 Å². The van der Waals surface area contributed by atoms with Gasteiger partial charge >= 0.3 is 0 Å². The van der Waals surface area contributed by atoms with Crippen molar-refractivity contribution in [2.45, 2.75) is 131 Å². The number of nitrogens with zero attached hydrogens (tertiary/aromatic N) is 3. The molecule has 174 valence electrons. The third-order valence-corrected chi connectivity index (χ3v) is 10.7. The van der Waals surface area contributed by atoms with Crippen LogP contribution in [0.1, 0.15) is 103 Å². The van der Waals surface area contributed by atoms with Gasteiger partial charge in [-0.05, 0) is 108 Å². The largest absolute Gasteiger partial charge is 0.298 e. The van der Waals surface area contributed by atoms with Gasteiger partial charge in [-0.25, -0.2) is 0 Å². The summed E-state index contributed by atoms with van der Waals surface area (Å²) >= 11 is 0. The summed E-state index contributed by atoms with van der Waals surface area (Å²) in [6, 6.07) is 0. The molecule has 0 aromatic rings. The highest BCUT2D eigenvalue weighted by Gasteiger charge is 2.58. The van der Waals surface area contributed by atoms with Crippen molar-refractivity contribution < 1.29 is 0 Å². The summed E-state index contributed by atoms with van der Waals surface area (Å²) in [4.78, 5) is 7.55. The maximum absolute atomic E-state index is 2.56. The average Bonchev–Trinajstić information content (AvgIpc) is 2.49. The molecule has 0 atom stereocenters. The molecular formula is C26H55N3. The van der Waals surface area contributed by atoms with Crippen LogP contribution in [0.25, 0.3) is 0 Å². The van der Waals surface area contributed by atoms with Crippen molar-refractivity contribution in [1.29, 1.82) is 0 Å². The third-order valence-electron chi connectivity index (χ3n) is 10.7. The van der Waals surface area contributed by atoms with Crippen LogP contribution >= 0.6 is 0 Å². The Balaban J connectivity index is 0.000000291. The van der Waals surface area contributed by atoms with E-state index in [0.29, 0.717) is 16.4 Å². The molecule has 0 N–H and O–H groups in total. The minimum absolute atomic E-state index is 0.198. The van der Waals surface area contributed by atoms with Gasteiger partial charge in [-0.3, -0.25) is 14.7 Å². The lowest BCUT2D eigenvalue weighted by atomic mass is 9.51. The first kappa shape index (κ1) is 26.9. The van der Waals surface area contributed by atoms with E-state index in [1.165, 1.54) is 6.42 Å². The second-order valence-electron chi connectivity index (χ2n) is 14.0. The second-order valence-corrected chi connectivity index (χ2v) is 14.0. The quantitative estimate of drug-likeness (QED) is 0.476. The molecule has 2 aliphatic heterocycles. The van der Waals surface area contributed by atoms with Crippen molar-refractivity contribution in [2.75, 3.05) is 27.7 Å². The highest BCUT2D eigenvalue weighted by atomic mass is 15.4. The standard InChI is InChI=1S/C14H29N.C12H26N2/c1-11(2)10-12(3,4)15(9)14(7,8)13(11,5)6;1-10(2)9-13(7)11(3,4)12(5,6)14(10)8/h10H2,1-9H3;9H2,1-8H3. The Hall–Kier alpha value is -0.120. The third kappa shape index (κ3) is 4.05. The summed E-state index contributed by atoms with van der Waals surface area (Å²) in [7, 11) is 6.75. The van der Waals surface area contributed by atoms with E-state index in [0.717, 1.165) is 6.54 Å². The highest BCUT2D eigenvalue weighted by Crippen LogP contribution is 2.58. The number of likely N-dealkylation sites (tertiary alicyclic amines) is 1. The first-order valence-electron chi connectivity index (χ1n) is 11.6. The van der Waals surface area contributed by atoms with Gasteiger partial charge in [0.2, 0.25) is 0 Å². The van der Waals surface area contributed by atoms with E-state index in [1.54, 1.807) is 0 Å². The first-order chi connectivity index (χ1) is 12.4. The Kier molecular flexibility index (Phi) is 6.69. The predicted molar refractivity (Wildman–Crippen MR) is 131 cm³/mol. The lowest BCUT2D eigenvalue weighted by molar-refractivity contribution is -0.158. The smallest absolute Gasteiger partial charge is 0.0334 e. The van der Waals surface area contributed by atoms with Crippen LogP contribution in [-0.4, -0.2) is 70.1 Å². The van der Waals surface area contributed by atoms with Crippen LogP contribution in [0.4, 0.5) is 0 Å². The van der Waals surface area contributed by atoms with Crippen molar-refractivity contribution in [1.82, 2.24) is 14.7 Å². The van der Waals surface area contributed by atoms with Crippen molar-refractivity contribution >= 4 is 0 Å². The Morgan fingerprint density at radius 3 is 1.28 bits per heavy atom. The fourth-order valence-corrected chi connectivity index (χ4v) is 5.94. The molecule has 2 rings (SSSR count). The fraction of sp³-hybridized carbons (Fsp3) is 1.00. The van der Waals surface area contributed by atoms with Gasteiger partial charge in [-0.15, -0.1) is 0 Å². The van der Waals surface area contributed by atoms with Gasteiger partial charge in [0, 0.05) is 34.2 Å². The summed E-state index contributed by atoms with van der Waals surface area (Å²) in [5.41, 5.74) is 1.91. The van der Waals surface area contributed by atoms with Gasteiger partial charge in [0.25, 0.3) is 0 Å². The maximum Gasteiger partial charge on any atom is 0.0334 e. The van der Waals surface area contributed by atoms with E-state index in [4.69, 9.17) is 0 Å². The van der Waals surface area contributed by atoms with Gasteiger partial charge in [0.05, 0.1) is 0 Å². The summed E-state index contributed by atoms with van der Waals surface area (Å²) in [6.45, 7) is 34.3. The van der Waals surface area contributed by atoms with Crippen molar-refractivity contribution in [3.63, 3.8) is 0 Å². The average molecular weight is 410 g/mol. The summed E-state index contributed by atoms with van der Waals surface area (Å²) in [6.07, 6.45) is 1.26. The summed E-state index contributed by atoms with van der Waals surface area (Å²) < 4.78 is 0. The number of rotatable bonds is 0. The van der Waals surface area contributed by atoms with Gasteiger partial charge in [0.1, 0.15) is 0 Å². The molecule has 0 aromatic heterocycles. The van der Waals surface area contributed by atoms with Gasteiger partial charge in [-0.1, -0.05) is 27.7 Å². The topological polar surface area (TPSA) is 9.72 Å². The number of likely N-dealkylation sites (N-methyl/N-ethyl adjacent to an activating group) is 2. The molecule has 0 radical (unpaired) electrons. The Morgan fingerprint density at radius 1 is 0.483 bits per heavy atom. The van der Waals surface area contributed by atoms with Gasteiger partial charge in [0.15, 0.2) is 0 Å². The lowest BCUT2D eigenvalue weighted by Gasteiger charge is -2.66. The lowest BCUT2D eigenvalue weighted by Crippen LogP contribution is -2.75. The molecule has 0 saturated carbocycles. The molecule has 2 aliphatic rings. The van der Waals surface area contributed by atoms with Crippen molar-refractivity contribution in [3.8, 4) is 0 Å². The molecule has 2 fully saturated rings. The number of hydrogen-bond donors (Lipinski definition) is 0. The van der Waals surface area contributed by atoms with Crippen LogP contribution in [0, 0.1) is 10.8 Å². The zero-order valence-corrected chi connectivity index (χ0v) is 23.3. The number of piperidine rings is 1.